The van der Waals surface area contributed by atoms with Crippen LogP contribution in [0, 0.1) is 0 Å². The lowest BCUT2D eigenvalue weighted by Crippen LogP contribution is -2.39. The van der Waals surface area contributed by atoms with E-state index < -0.39 is 29.7 Å². The molecule has 2 atom stereocenters. The minimum Gasteiger partial charge on any atom is -0.478 e. The minimum absolute atomic E-state index is 0.0224. The average Bonchev–Trinajstić information content (AvgIpc) is 3.19. The van der Waals surface area contributed by atoms with Gasteiger partial charge in [0.05, 0.1) is 18.8 Å². The second-order valence-corrected chi connectivity index (χ2v) is 8.40. The molecule has 0 unspecified atom stereocenters. The quantitative estimate of drug-likeness (QED) is 0.550. The molecule has 0 aromatic carbocycles. The Hall–Kier alpha value is -3.48. The van der Waals surface area contributed by atoms with Crippen LogP contribution in [0.3, 0.4) is 0 Å². The predicted molar refractivity (Wildman–Crippen MR) is 111 cm³/mol. The lowest BCUT2D eigenvalue weighted by atomic mass is 9.85. The molecule has 34 heavy (non-hydrogen) atoms. The van der Waals surface area contributed by atoms with E-state index in [0.717, 1.165) is 25.5 Å². The highest BCUT2D eigenvalue weighted by Crippen LogP contribution is 2.37. The normalized spacial score (nSPS) is 21.3. The Morgan fingerprint density at radius 2 is 2.09 bits per heavy atom. The molecule has 13 heteroatoms. The van der Waals surface area contributed by atoms with Gasteiger partial charge in [-0.25, -0.2) is 9.78 Å². The van der Waals surface area contributed by atoms with Gasteiger partial charge in [0.15, 0.2) is 5.65 Å². The molecule has 3 aromatic heterocycles. The van der Waals surface area contributed by atoms with Crippen LogP contribution in [0.4, 0.5) is 19.1 Å². The van der Waals surface area contributed by atoms with Gasteiger partial charge in [-0.05, 0) is 31.4 Å². The van der Waals surface area contributed by atoms with Gasteiger partial charge in [-0.15, -0.1) is 10.2 Å². The van der Waals surface area contributed by atoms with Crippen LogP contribution in [0.25, 0.3) is 5.65 Å². The molecule has 1 aliphatic heterocycles. The van der Waals surface area contributed by atoms with Crippen molar-refractivity contribution in [2.75, 3.05) is 18.5 Å². The lowest BCUT2D eigenvalue weighted by molar-refractivity contribution is -0.142. The second kappa shape index (κ2) is 8.70. The molecular formula is C21H21F3N6O4. The highest BCUT2D eigenvalue weighted by molar-refractivity contribution is 5.88. The van der Waals surface area contributed by atoms with Crippen molar-refractivity contribution in [1.29, 1.82) is 0 Å². The summed E-state index contributed by atoms with van der Waals surface area (Å²) in [6.45, 7) is 0.434. The summed E-state index contributed by atoms with van der Waals surface area (Å²) in [6, 6.07) is 2.86. The molecule has 0 bridgehead atoms. The summed E-state index contributed by atoms with van der Waals surface area (Å²) in [7, 11) is 0. The minimum atomic E-state index is -4.64. The number of fused-ring (bicyclic) bond motifs is 1. The first-order valence-corrected chi connectivity index (χ1v) is 10.8. The van der Waals surface area contributed by atoms with Crippen LogP contribution in [-0.4, -0.2) is 61.0 Å². The fourth-order valence-corrected chi connectivity index (χ4v) is 4.22. The first-order chi connectivity index (χ1) is 16.3. The van der Waals surface area contributed by atoms with Crippen molar-refractivity contribution in [3.63, 3.8) is 0 Å². The van der Waals surface area contributed by atoms with Crippen LogP contribution in [0.2, 0.25) is 0 Å². The average molecular weight is 478 g/mol. The number of ether oxygens (including phenoxy) is 2. The van der Waals surface area contributed by atoms with E-state index in [0.29, 0.717) is 17.9 Å². The largest absolute Gasteiger partial charge is 0.478 e. The van der Waals surface area contributed by atoms with Crippen molar-refractivity contribution in [2.45, 2.75) is 49.9 Å². The Morgan fingerprint density at radius 1 is 1.26 bits per heavy atom. The Labute approximate surface area is 191 Å². The first-order valence-electron chi connectivity index (χ1n) is 10.8. The number of anilines is 1. The number of hydrogen-bond acceptors (Lipinski definition) is 8. The summed E-state index contributed by atoms with van der Waals surface area (Å²) in [5.74, 6) is -0.761. The van der Waals surface area contributed by atoms with E-state index in [2.05, 4.69) is 25.5 Å². The third-order valence-corrected chi connectivity index (χ3v) is 6.00. The summed E-state index contributed by atoms with van der Waals surface area (Å²) < 4.78 is 52.2. The molecule has 0 radical (unpaired) electrons. The molecule has 1 aliphatic carbocycles. The van der Waals surface area contributed by atoms with Crippen molar-refractivity contribution in [3.8, 4) is 5.88 Å². The zero-order chi connectivity index (χ0) is 23.9. The summed E-state index contributed by atoms with van der Waals surface area (Å²) in [5.41, 5.74) is -0.458. The Bertz CT molecular complexity index is 1210. The van der Waals surface area contributed by atoms with Gasteiger partial charge in [-0.1, -0.05) is 6.42 Å². The Kier molecular flexibility index (Phi) is 5.71. The zero-order valence-electron chi connectivity index (χ0n) is 17.8. The van der Waals surface area contributed by atoms with Crippen LogP contribution >= 0.6 is 0 Å². The molecule has 2 N–H and O–H groups in total. The molecule has 1 saturated carbocycles. The fourth-order valence-electron chi connectivity index (χ4n) is 4.22. The number of carboxylic acid groups (broad SMARTS) is 1. The number of halogens is 3. The molecule has 4 heterocycles. The summed E-state index contributed by atoms with van der Waals surface area (Å²) in [6.07, 6.45) is 0.396. The van der Waals surface area contributed by atoms with Crippen molar-refractivity contribution in [1.82, 2.24) is 24.6 Å². The number of hydrogen-bond donors (Lipinski definition) is 2. The number of aromatic carboxylic acids is 1. The molecule has 0 amide bonds. The number of aromatic nitrogens is 5. The van der Waals surface area contributed by atoms with Gasteiger partial charge in [-0.2, -0.15) is 18.2 Å². The van der Waals surface area contributed by atoms with E-state index in [1.165, 1.54) is 12.1 Å². The molecular weight excluding hydrogens is 457 g/mol. The molecule has 5 rings (SSSR count). The van der Waals surface area contributed by atoms with Gasteiger partial charge in [0.2, 0.25) is 11.8 Å². The van der Waals surface area contributed by atoms with E-state index in [4.69, 9.17) is 14.6 Å². The summed E-state index contributed by atoms with van der Waals surface area (Å²) in [4.78, 5) is 19.1. The van der Waals surface area contributed by atoms with E-state index in [1.807, 2.05) is 0 Å². The van der Waals surface area contributed by atoms with Gasteiger partial charge >= 0.3 is 12.1 Å². The van der Waals surface area contributed by atoms with Gasteiger partial charge in [0, 0.05) is 24.4 Å². The number of nitrogens with one attached hydrogen (secondary N) is 1. The lowest BCUT2D eigenvalue weighted by Gasteiger charge is -2.29. The maximum Gasteiger partial charge on any atom is 0.423 e. The van der Waals surface area contributed by atoms with E-state index in [9.17, 15) is 18.0 Å². The molecule has 2 fully saturated rings. The van der Waals surface area contributed by atoms with Crippen LogP contribution in [0.5, 0.6) is 5.88 Å². The van der Waals surface area contributed by atoms with E-state index in [-0.39, 0.29) is 36.7 Å². The number of alkyl halides is 3. The predicted octanol–water partition coefficient (Wildman–Crippen LogP) is 3.15. The third kappa shape index (κ3) is 4.47. The zero-order valence-corrected chi connectivity index (χ0v) is 17.8. The topological polar surface area (TPSA) is 124 Å². The summed E-state index contributed by atoms with van der Waals surface area (Å²) >= 11 is 0. The van der Waals surface area contributed by atoms with Gasteiger partial charge in [0.25, 0.3) is 0 Å². The number of carbonyl (C=O) groups is 1. The second-order valence-electron chi connectivity index (χ2n) is 8.40. The maximum atomic E-state index is 13.4. The van der Waals surface area contributed by atoms with Crippen LogP contribution in [-0.2, 0) is 10.9 Å². The number of pyridine rings is 1. The van der Waals surface area contributed by atoms with Gasteiger partial charge in [0.1, 0.15) is 17.5 Å². The number of rotatable bonds is 6. The van der Waals surface area contributed by atoms with E-state index >= 15 is 0 Å². The fraction of sp³-hybridized carbons (Fsp3) is 0.476. The van der Waals surface area contributed by atoms with Crippen LogP contribution < -0.4 is 10.1 Å². The highest BCUT2D eigenvalue weighted by atomic mass is 19.4. The van der Waals surface area contributed by atoms with Crippen molar-refractivity contribution in [3.05, 3.63) is 41.5 Å². The third-order valence-electron chi connectivity index (χ3n) is 6.00. The Balaban J connectivity index is 1.33. The molecule has 1 saturated heterocycles. The SMILES string of the molecule is O=C(O)c1ccn2c([C@H]3CCC[C@@H](Nc4ncc(C(F)(F)F)c(OC5COC5)n4)C3)nnc2c1. The molecule has 0 spiro atoms. The van der Waals surface area contributed by atoms with Crippen molar-refractivity contribution >= 4 is 17.6 Å². The van der Waals surface area contributed by atoms with Crippen molar-refractivity contribution in [2.24, 2.45) is 0 Å². The smallest absolute Gasteiger partial charge is 0.423 e. The standard InChI is InChI=1S/C21H21F3N6O4/c22-21(23,24)15-8-25-20(27-18(15)34-14-9-33-10-14)26-13-3-1-2-11(6-13)17-29-28-16-7-12(19(31)32)4-5-30(16)17/h4-5,7-8,11,13-14H,1-3,6,9-10H2,(H,31,32)(H,25,26,27)/t11-,13+/m0/s1. The molecule has 3 aromatic rings. The first kappa shape index (κ1) is 22.3. The monoisotopic (exact) mass is 478 g/mol. The summed E-state index contributed by atoms with van der Waals surface area (Å²) in [5, 5.41) is 20.7. The van der Waals surface area contributed by atoms with Crippen molar-refractivity contribution < 1.29 is 32.5 Å². The Morgan fingerprint density at radius 3 is 2.79 bits per heavy atom. The van der Waals surface area contributed by atoms with Gasteiger partial charge < -0.3 is 19.9 Å². The number of carboxylic acids is 1. The van der Waals surface area contributed by atoms with Gasteiger partial charge in [-0.3, -0.25) is 4.40 Å². The highest BCUT2D eigenvalue weighted by Gasteiger charge is 2.38. The van der Waals surface area contributed by atoms with Crippen LogP contribution in [0.15, 0.2) is 24.5 Å². The van der Waals surface area contributed by atoms with Crippen LogP contribution in [0.1, 0.15) is 53.3 Å². The molecule has 2 aliphatic rings. The maximum absolute atomic E-state index is 13.4. The molecule has 180 valence electrons. The number of nitrogens with zero attached hydrogens (tertiary/aromatic N) is 5. The van der Waals surface area contributed by atoms with E-state index in [1.54, 1.807) is 10.6 Å². The molecule has 10 nitrogen and oxygen atoms in total.